The summed E-state index contributed by atoms with van der Waals surface area (Å²) < 4.78 is 0. The molecule has 0 saturated carbocycles. The zero-order valence-electron chi connectivity index (χ0n) is 8.49. The van der Waals surface area contributed by atoms with Crippen LogP contribution in [0, 0.1) is 0 Å². The molecule has 0 aromatic rings. The SMILES string of the molecule is C[CH2][Al+][CH2]C.[Cl-].[Li][CH2]CCC. The Balaban J connectivity index is -0.000000107. The monoisotopic (exact) mass is 184 g/mol. The van der Waals surface area contributed by atoms with Crippen LogP contribution in [-0.4, -0.2) is 32.9 Å². The molecule has 0 aromatic heterocycles. The summed E-state index contributed by atoms with van der Waals surface area (Å²) in [6, 6.07) is 0. The van der Waals surface area contributed by atoms with Crippen LogP contribution in [0.25, 0.3) is 0 Å². The molecule has 0 saturated heterocycles. The summed E-state index contributed by atoms with van der Waals surface area (Å²) in [5.74, 6) is 0. The van der Waals surface area contributed by atoms with Gasteiger partial charge in [-0.25, -0.2) is 0 Å². The summed E-state index contributed by atoms with van der Waals surface area (Å²) >= 11 is 3.03. The topological polar surface area (TPSA) is 0 Å². The summed E-state index contributed by atoms with van der Waals surface area (Å²) in [4.78, 5) is 0. The van der Waals surface area contributed by atoms with Crippen LogP contribution in [0.5, 0.6) is 0 Å². The van der Waals surface area contributed by atoms with Gasteiger partial charge in [-0.3, -0.25) is 0 Å². The van der Waals surface area contributed by atoms with Crippen molar-refractivity contribution in [3.63, 3.8) is 0 Å². The van der Waals surface area contributed by atoms with Gasteiger partial charge >= 0.3 is 82.2 Å². The molecule has 0 heterocycles. The van der Waals surface area contributed by atoms with Crippen molar-refractivity contribution in [3.8, 4) is 0 Å². The van der Waals surface area contributed by atoms with E-state index >= 15 is 0 Å². The number of hydrogen-bond donors (Lipinski definition) is 0. The predicted molar refractivity (Wildman–Crippen MR) is 52.2 cm³/mol. The van der Waals surface area contributed by atoms with Gasteiger partial charge in [-0.15, -0.1) is 0 Å². The maximum absolute atomic E-state index is 2.25. The molecule has 3 heteroatoms. The summed E-state index contributed by atoms with van der Waals surface area (Å²) in [7, 11) is 0. The van der Waals surface area contributed by atoms with Crippen LogP contribution in [0.3, 0.4) is 0 Å². The van der Waals surface area contributed by atoms with E-state index in [9.17, 15) is 0 Å². The van der Waals surface area contributed by atoms with Crippen molar-refractivity contribution in [1.29, 1.82) is 0 Å². The van der Waals surface area contributed by atoms with Crippen LogP contribution in [-0.2, 0) is 0 Å². The Hall–Kier alpha value is 1.42. The first-order valence-electron chi connectivity index (χ1n) is 4.64. The summed E-state index contributed by atoms with van der Waals surface area (Å²) in [5, 5.41) is 4.20. The van der Waals surface area contributed by atoms with Gasteiger partial charge in [0.05, 0.1) is 0 Å². The van der Waals surface area contributed by atoms with E-state index < -0.39 is 0 Å². The molecule has 11 heavy (non-hydrogen) atoms. The van der Waals surface area contributed by atoms with E-state index in [1.807, 2.05) is 0 Å². The van der Waals surface area contributed by atoms with Gasteiger partial charge in [-0.05, 0) is 0 Å². The van der Waals surface area contributed by atoms with E-state index in [2.05, 4.69) is 38.5 Å². The predicted octanol–water partition coefficient (Wildman–Crippen LogP) is -0.0557. The van der Waals surface area contributed by atoms with Gasteiger partial charge in [-0.2, -0.15) is 0 Å². The Bertz CT molecular complexity index is 35.1. The second-order valence-corrected chi connectivity index (χ2v) is 4.67. The Kier molecular flexibility index (Phi) is 37.4. The summed E-state index contributed by atoms with van der Waals surface area (Å²) in [6.45, 7) is 6.71. The van der Waals surface area contributed by atoms with Gasteiger partial charge in [0.25, 0.3) is 0 Å². The van der Waals surface area contributed by atoms with Gasteiger partial charge in [-0.1, -0.05) is 0 Å². The summed E-state index contributed by atoms with van der Waals surface area (Å²) in [5.41, 5.74) is 0. The molecule has 62 valence electrons. The fraction of sp³-hybridized carbons (Fsp3) is 1.00. The van der Waals surface area contributed by atoms with Crippen LogP contribution >= 0.6 is 0 Å². The summed E-state index contributed by atoms with van der Waals surface area (Å²) in [6.07, 6.45) is 2.73. The zero-order chi connectivity index (χ0) is 8.24. The number of halogens is 1. The second-order valence-electron chi connectivity index (χ2n) is 2.46. The molecule has 0 bridgehead atoms. The van der Waals surface area contributed by atoms with E-state index in [-0.39, 0.29) is 12.4 Å². The van der Waals surface area contributed by atoms with Gasteiger partial charge in [0.2, 0.25) is 0 Å². The van der Waals surface area contributed by atoms with Crippen molar-refractivity contribution in [3.05, 3.63) is 0 Å². The first kappa shape index (κ1) is 18.3. The van der Waals surface area contributed by atoms with Crippen molar-refractivity contribution < 1.29 is 12.4 Å². The molecule has 0 aliphatic rings. The van der Waals surface area contributed by atoms with Gasteiger partial charge < -0.3 is 12.4 Å². The van der Waals surface area contributed by atoms with Crippen molar-refractivity contribution in [2.45, 2.75) is 49.3 Å². The van der Waals surface area contributed by atoms with Crippen molar-refractivity contribution >= 4 is 32.9 Å². The third-order valence-electron chi connectivity index (χ3n) is 1.28. The molecule has 0 aromatic carbocycles. The van der Waals surface area contributed by atoms with Crippen LogP contribution < -0.4 is 12.4 Å². The molecule has 0 aliphatic heterocycles. The quantitative estimate of drug-likeness (QED) is 0.538. The van der Waals surface area contributed by atoms with Crippen molar-refractivity contribution in [2.24, 2.45) is 0 Å². The molecule has 0 unspecified atom stereocenters. The molecular weight excluding hydrogens is 165 g/mol. The van der Waals surface area contributed by atoms with Gasteiger partial charge in [0, 0.05) is 0 Å². The molecule has 0 nitrogen and oxygen atoms in total. The normalized spacial score (nSPS) is 7.00. The molecular formula is C8H19AlClLi. The third-order valence-corrected chi connectivity index (χ3v) is 2.44. The van der Waals surface area contributed by atoms with Crippen LogP contribution in [0.4, 0.5) is 0 Å². The zero-order valence-corrected chi connectivity index (χ0v) is 10.4. The molecule has 0 amide bonds. The molecule has 0 aliphatic carbocycles. The Morgan fingerprint density at radius 3 is 1.55 bits per heavy atom. The van der Waals surface area contributed by atoms with Crippen LogP contribution in [0.1, 0.15) is 33.6 Å². The Morgan fingerprint density at radius 2 is 1.55 bits per heavy atom. The van der Waals surface area contributed by atoms with Crippen LogP contribution in [0.15, 0.2) is 0 Å². The minimum atomic E-state index is 0. The molecule has 0 fully saturated rings. The van der Waals surface area contributed by atoms with E-state index in [0.717, 1.165) is 15.2 Å². The molecule has 0 N–H and O–H groups in total. The molecule has 0 radical (unpaired) electrons. The fourth-order valence-corrected chi connectivity index (χ4v) is 1.22. The molecule has 0 spiro atoms. The minimum absolute atomic E-state index is 0. The van der Waals surface area contributed by atoms with Gasteiger partial charge in [0.1, 0.15) is 0 Å². The number of hydrogen-bond acceptors (Lipinski definition) is 0. The molecule has 0 rings (SSSR count). The van der Waals surface area contributed by atoms with Crippen LogP contribution in [0.2, 0.25) is 15.7 Å². The average Bonchev–Trinajstić information content (AvgIpc) is 1.93. The van der Waals surface area contributed by atoms with E-state index in [1.165, 1.54) is 28.5 Å². The standard InChI is InChI=1S/C4H9.2C2H5.Al.ClH.Li/c1-3-4-2;2*1-2;;;/h1,3-4H2,2H3;2*1H2,2H3;;1H;/q;;;+1;;/p-1. The van der Waals surface area contributed by atoms with E-state index in [0.29, 0.717) is 0 Å². The third kappa shape index (κ3) is 34.5. The van der Waals surface area contributed by atoms with E-state index in [4.69, 9.17) is 0 Å². The maximum atomic E-state index is 2.25. The first-order chi connectivity index (χ1) is 4.83. The van der Waals surface area contributed by atoms with E-state index in [1.54, 1.807) is 0 Å². The Morgan fingerprint density at radius 1 is 1.09 bits per heavy atom. The van der Waals surface area contributed by atoms with Gasteiger partial charge in [0.15, 0.2) is 0 Å². The molecule has 0 atom stereocenters. The Labute approximate surface area is 94.2 Å². The van der Waals surface area contributed by atoms with Crippen molar-refractivity contribution in [2.75, 3.05) is 0 Å². The number of rotatable bonds is 4. The number of unbranched alkanes of at least 4 members (excludes halogenated alkanes) is 1. The van der Waals surface area contributed by atoms with Crippen molar-refractivity contribution in [1.82, 2.24) is 0 Å². The average molecular weight is 185 g/mol. The first-order valence-corrected chi connectivity index (χ1v) is 6.28. The second kappa shape index (κ2) is 22.5. The fourth-order valence-electron chi connectivity index (χ4n) is 0.642.